The van der Waals surface area contributed by atoms with Gasteiger partial charge in [-0.25, -0.2) is 4.79 Å². The Morgan fingerprint density at radius 1 is 1.50 bits per heavy atom. The van der Waals surface area contributed by atoms with Crippen LogP contribution in [0.25, 0.3) is 0 Å². The van der Waals surface area contributed by atoms with E-state index < -0.39 is 5.60 Å². The standard InChI is InChI=1S/C15H22INO2S/c1-14(2,3)19-13(18)17(5)15(4)7-6-10-8-12(16)20-11(10)9-15/h8H,6-7,9H2,1-5H3. The van der Waals surface area contributed by atoms with E-state index in [1.165, 1.54) is 13.3 Å². The molecule has 0 bridgehead atoms. The third-order valence-electron chi connectivity index (χ3n) is 3.82. The fraction of sp³-hybridized carbons (Fsp3) is 0.667. The Kier molecular flexibility index (Phi) is 4.40. The van der Waals surface area contributed by atoms with Crippen LogP contribution < -0.4 is 0 Å². The molecule has 3 nitrogen and oxygen atoms in total. The fourth-order valence-electron chi connectivity index (χ4n) is 2.47. The third-order valence-corrected chi connectivity index (χ3v) is 5.76. The van der Waals surface area contributed by atoms with E-state index in [0.29, 0.717) is 0 Å². The number of hydrogen-bond acceptors (Lipinski definition) is 3. The number of carbonyl (C=O) groups excluding carboxylic acids is 1. The van der Waals surface area contributed by atoms with Gasteiger partial charge in [-0.3, -0.25) is 0 Å². The van der Waals surface area contributed by atoms with Crippen molar-refractivity contribution in [3.63, 3.8) is 0 Å². The van der Waals surface area contributed by atoms with Gasteiger partial charge < -0.3 is 9.64 Å². The van der Waals surface area contributed by atoms with E-state index in [4.69, 9.17) is 4.74 Å². The van der Waals surface area contributed by atoms with Crippen LogP contribution in [0.15, 0.2) is 6.07 Å². The highest BCUT2D eigenvalue weighted by molar-refractivity contribution is 14.1. The van der Waals surface area contributed by atoms with Crippen molar-refractivity contribution in [1.82, 2.24) is 4.90 Å². The number of rotatable bonds is 1. The molecule has 1 atom stereocenters. The number of aryl methyl sites for hydroxylation is 1. The Morgan fingerprint density at radius 3 is 2.75 bits per heavy atom. The summed E-state index contributed by atoms with van der Waals surface area (Å²) in [5.41, 5.74) is 0.859. The summed E-state index contributed by atoms with van der Waals surface area (Å²) in [5, 5.41) is 0. The van der Waals surface area contributed by atoms with E-state index in [1.54, 1.807) is 4.90 Å². The lowest BCUT2D eigenvalue weighted by atomic mass is 9.82. The summed E-state index contributed by atoms with van der Waals surface area (Å²) >= 11 is 4.22. The molecule has 1 heterocycles. The number of amides is 1. The average molecular weight is 407 g/mol. The number of nitrogens with zero attached hydrogens (tertiary/aromatic N) is 1. The SMILES string of the molecule is CN(C(=O)OC(C)(C)C)C1(C)CCc2cc(I)sc2C1. The normalized spacial score (nSPS) is 22.3. The summed E-state index contributed by atoms with van der Waals surface area (Å²) in [7, 11) is 1.86. The maximum Gasteiger partial charge on any atom is 0.410 e. The monoisotopic (exact) mass is 407 g/mol. The smallest absolute Gasteiger partial charge is 0.410 e. The van der Waals surface area contributed by atoms with Crippen LogP contribution in [0.3, 0.4) is 0 Å². The zero-order valence-corrected chi connectivity index (χ0v) is 15.7. The van der Waals surface area contributed by atoms with Crippen LogP contribution in [0.5, 0.6) is 0 Å². The van der Waals surface area contributed by atoms with Crippen molar-refractivity contribution >= 4 is 40.0 Å². The van der Waals surface area contributed by atoms with Crippen LogP contribution in [0.1, 0.15) is 44.6 Å². The summed E-state index contributed by atoms with van der Waals surface area (Å²) < 4.78 is 6.83. The molecule has 1 aliphatic carbocycles. The van der Waals surface area contributed by atoms with Crippen molar-refractivity contribution in [2.24, 2.45) is 0 Å². The molecule has 1 amide bonds. The van der Waals surface area contributed by atoms with Crippen LogP contribution in [0, 0.1) is 2.88 Å². The molecule has 0 N–H and O–H groups in total. The Bertz CT molecular complexity index is 520. The van der Waals surface area contributed by atoms with E-state index >= 15 is 0 Å². The van der Waals surface area contributed by atoms with Gasteiger partial charge in [0.2, 0.25) is 0 Å². The molecule has 0 aromatic carbocycles. The molecule has 0 spiro atoms. The molecular formula is C15H22INO2S. The largest absolute Gasteiger partial charge is 0.444 e. The van der Waals surface area contributed by atoms with Gasteiger partial charge in [0.1, 0.15) is 5.60 Å². The summed E-state index contributed by atoms with van der Waals surface area (Å²) in [5.74, 6) is 0. The highest BCUT2D eigenvalue weighted by Gasteiger charge is 2.38. The van der Waals surface area contributed by atoms with E-state index in [-0.39, 0.29) is 11.6 Å². The van der Waals surface area contributed by atoms with Gasteiger partial charge in [0, 0.05) is 23.9 Å². The molecule has 1 aromatic heterocycles. The third kappa shape index (κ3) is 3.47. The number of halogens is 1. The van der Waals surface area contributed by atoms with Crippen molar-refractivity contribution < 1.29 is 9.53 Å². The number of hydrogen-bond donors (Lipinski definition) is 0. The zero-order chi connectivity index (χ0) is 15.1. The number of carbonyl (C=O) groups is 1. The van der Waals surface area contributed by atoms with Gasteiger partial charge >= 0.3 is 6.09 Å². The van der Waals surface area contributed by atoms with Crippen LogP contribution in [-0.4, -0.2) is 29.2 Å². The van der Waals surface area contributed by atoms with E-state index in [9.17, 15) is 4.79 Å². The molecule has 0 aliphatic heterocycles. The number of thiophene rings is 1. The van der Waals surface area contributed by atoms with Crippen molar-refractivity contribution in [3.05, 3.63) is 19.4 Å². The lowest BCUT2D eigenvalue weighted by Gasteiger charge is -2.41. The van der Waals surface area contributed by atoms with Gasteiger partial charge in [0.05, 0.1) is 2.88 Å². The Labute approximate surface area is 138 Å². The summed E-state index contributed by atoms with van der Waals surface area (Å²) in [4.78, 5) is 15.5. The van der Waals surface area contributed by atoms with Crippen molar-refractivity contribution in [1.29, 1.82) is 0 Å². The minimum Gasteiger partial charge on any atom is -0.444 e. The number of fused-ring (bicyclic) bond motifs is 1. The number of likely N-dealkylation sites (N-methyl/N-ethyl adjacent to an activating group) is 1. The van der Waals surface area contributed by atoms with Crippen LogP contribution in [0.4, 0.5) is 4.79 Å². The van der Waals surface area contributed by atoms with E-state index in [2.05, 4.69) is 35.6 Å². The highest BCUT2D eigenvalue weighted by atomic mass is 127. The highest BCUT2D eigenvalue weighted by Crippen LogP contribution is 2.37. The Morgan fingerprint density at radius 2 is 2.15 bits per heavy atom. The van der Waals surface area contributed by atoms with Crippen molar-refractivity contribution in [2.45, 2.75) is 58.1 Å². The predicted molar refractivity (Wildman–Crippen MR) is 91.5 cm³/mol. The van der Waals surface area contributed by atoms with Crippen molar-refractivity contribution in [2.75, 3.05) is 7.05 Å². The molecule has 5 heteroatoms. The maximum absolute atomic E-state index is 12.3. The number of ether oxygens (including phenoxy) is 1. The van der Waals surface area contributed by atoms with Gasteiger partial charge in [0.25, 0.3) is 0 Å². The minimum atomic E-state index is -0.445. The first kappa shape index (κ1) is 16.1. The molecule has 0 fully saturated rings. The molecule has 112 valence electrons. The molecule has 0 saturated carbocycles. The quantitative estimate of drug-likeness (QED) is 0.643. The van der Waals surface area contributed by atoms with Gasteiger partial charge in [-0.05, 0) is 74.8 Å². The van der Waals surface area contributed by atoms with E-state index in [0.717, 1.165) is 19.3 Å². The summed E-state index contributed by atoms with van der Waals surface area (Å²) in [6, 6.07) is 2.27. The summed E-state index contributed by atoms with van der Waals surface area (Å²) in [6.45, 7) is 7.87. The lowest BCUT2D eigenvalue weighted by molar-refractivity contribution is 0.00572. The van der Waals surface area contributed by atoms with Gasteiger partial charge in [-0.2, -0.15) is 0 Å². The molecule has 1 aliphatic rings. The van der Waals surface area contributed by atoms with E-state index in [1.807, 2.05) is 39.2 Å². The topological polar surface area (TPSA) is 29.5 Å². The molecule has 1 aromatic rings. The molecular weight excluding hydrogens is 385 g/mol. The van der Waals surface area contributed by atoms with Crippen LogP contribution >= 0.6 is 33.9 Å². The first-order chi connectivity index (χ1) is 9.11. The Hall–Kier alpha value is -0.300. The molecule has 0 radical (unpaired) electrons. The average Bonchev–Trinajstić information content (AvgIpc) is 2.64. The van der Waals surface area contributed by atoms with Gasteiger partial charge in [-0.15, -0.1) is 11.3 Å². The minimum absolute atomic E-state index is 0.150. The van der Waals surface area contributed by atoms with Crippen LogP contribution in [0.2, 0.25) is 0 Å². The predicted octanol–water partition coefficient (Wildman–Crippen LogP) is 4.47. The Balaban J connectivity index is 2.14. The van der Waals surface area contributed by atoms with Crippen molar-refractivity contribution in [3.8, 4) is 0 Å². The second-order valence-corrected chi connectivity index (χ2v) is 9.74. The van der Waals surface area contributed by atoms with Gasteiger partial charge in [-0.1, -0.05) is 0 Å². The molecule has 2 rings (SSSR count). The molecule has 0 saturated heterocycles. The second kappa shape index (κ2) is 5.48. The maximum atomic E-state index is 12.3. The molecule has 1 unspecified atom stereocenters. The molecule has 20 heavy (non-hydrogen) atoms. The first-order valence-corrected chi connectivity index (χ1v) is 8.74. The van der Waals surface area contributed by atoms with Crippen LogP contribution in [-0.2, 0) is 17.6 Å². The first-order valence-electron chi connectivity index (χ1n) is 6.85. The fourth-order valence-corrected chi connectivity index (χ4v) is 4.75. The zero-order valence-electron chi connectivity index (χ0n) is 12.7. The van der Waals surface area contributed by atoms with Gasteiger partial charge in [0.15, 0.2) is 0 Å². The second-order valence-electron chi connectivity index (χ2n) is 6.71. The lowest BCUT2D eigenvalue weighted by Crippen LogP contribution is -2.51. The summed E-state index contributed by atoms with van der Waals surface area (Å²) in [6.07, 6.45) is 2.72.